The molecule has 0 bridgehead atoms. The summed E-state index contributed by atoms with van der Waals surface area (Å²) in [5.41, 5.74) is 0.443. The van der Waals surface area contributed by atoms with Gasteiger partial charge in [-0.05, 0) is 12.1 Å². The summed E-state index contributed by atoms with van der Waals surface area (Å²) in [5.74, 6) is 0. The van der Waals surface area contributed by atoms with E-state index in [1.807, 2.05) is 13.8 Å². The molecule has 2 rings (SSSR count). The molecule has 0 fully saturated rings. The molecule has 0 radical (unpaired) electrons. The summed E-state index contributed by atoms with van der Waals surface area (Å²) in [6.07, 6.45) is 1.10. The van der Waals surface area contributed by atoms with Gasteiger partial charge in [-0.25, -0.2) is 8.42 Å². The molecule has 1 N–H and O–H groups in total. The molecule has 19 heavy (non-hydrogen) atoms. The first kappa shape index (κ1) is 16.1. The number of anilines is 1. The highest BCUT2D eigenvalue weighted by atomic mass is 32.2. The SMILES string of the molecule is CC.CS(=O)(=O)N1C[C@H](CO)S(=O)c2ccccc21. The normalized spacial score (nSPS) is 22.2. The second-order valence-corrected chi connectivity index (χ2v) is 7.47. The maximum Gasteiger partial charge on any atom is 0.232 e. The van der Waals surface area contributed by atoms with Crippen LogP contribution in [-0.2, 0) is 20.8 Å². The average Bonchev–Trinajstić information content (AvgIpc) is 2.40. The zero-order valence-electron chi connectivity index (χ0n) is 11.2. The highest BCUT2D eigenvalue weighted by molar-refractivity contribution is 7.92. The Bertz CT molecular complexity index is 557. The van der Waals surface area contributed by atoms with Crippen molar-refractivity contribution in [2.24, 2.45) is 0 Å². The summed E-state index contributed by atoms with van der Waals surface area (Å²) in [7, 11) is -4.78. The molecule has 108 valence electrons. The molecular weight excluding hydrogens is 286 g/mol. The van der Waals surface area contributed by atoms with Crippen molar-refractivity contribution >= 4 is 26.5 Å². The zero-order valence-corrected chi connectivity index (χ0v) is 12.9. The predicted octanol–water partition coefficient (Wildman–Crippen LogP) is 0.961. The van der Waals surface area contributed by atoms with Crippen LogP contribution < -0.4 is 4.31 Å². The summed E-state index contributed by atoms with van der Waals surface area (Å²) in [5, 5.41) is 8.59. The van der Waals surface area contributed by atoms with Crippen molar-refractivity contribution in [2.45, 2.75) is 24.0 Å². The van der Waals surface area contributed by atoms with Crippen LogP contribution in [0.2, 0.25) is 0 Å². The van der Waals surface area contributed by atoms with Crippen LogP contribution in [0.3, 0.4) is 0 Å². The molecule has 1 aliphatic rings. The van der Waals surface area contributed by atoms with Crippen LogP contribution in [0.15, 0.2) is 29.2 Å². The fourth-order valence-electron chi connectivity index (χ4n) is 1.80. The molecule has 0 aliphatic carbocycles. The van der Waals surface area contributed by atoms with Gasteiger partial charge in [-0.1, -0.05) is 26.0 Å². The molecule has 5 nitrogen and oxygen atoms in total. The molecule has 0 saturated heterocycles. The van der Waals surface area contributed by atoms with Gasteiger partial charge in [0.05, 0.1) is 46.0 Å². The van der Waals surface area contributed by atoms with Crippen LogP contribution in [0.25, 0.3) is 0 Å². The van der Waals surface area contributed by atoms with Gasteiger partial charge in [-0.2, -0.15) is 0 Å². The lowest BCUT2D eigenvalue weighted by molar-refractivity contribution is 0.293. The molecule has 0 saturated carbocycles. The Morgan fingerprint density at radius 2 is 1.95 bits per heavy atom. The van der Waals surface area contributed by atoms with E-state index in [9.17, 15) is 12.6 Å². The first-order valence-corrected chi connectivity index (χ1v) is 9.09. The lowest BCUT2D eigenvalue weighted by atomic mass is 10.3. The van der Waals surface area contributed by atoms with Gasteiger partial charge in [0.25, 0.3) is 0 Å². The van der Waals surface area contributed by atoms with Gasteiger partial charge in [0.2, 0.25) is 10.0 Å². The van der Waals surface area contributed by atoms with Crippen LogP contribution in [0.1, 0.15) is 13.8 Å². The van der Waals surface area contributed by atoms with E-state index in [-0.39, 0.29) is 13.2 Å². The zero-order chi connectivity index (χ0) is 14.6. The Labute approximate surface area is 116 Å². The smallest absolute Gasteiger partial charge is 0.232 e. The Balaban J connectivity index is 0.000000861. The van der Waals surface area contributed by atoms with Crippen molar-refractivity contribution in [1.29, 1.82) is 0 Å². The Morgan fingerprint density at radius 1 is 1.37 bits per heavy atom. The molecule has 1 heterocycles. The van der Waals surface area contributed by atoms with Crippen molar-refractivity contribution in [3.8, 4) is 0 Å². The van der Waals surface area contributed by atoms with Crippen LogP contribution in [0.5, 0.6) is 0 Å². The molecule has 0 aromatic heterocycles. The molecular formula is C12H19NO4S2. The largest absolute Gasteiger partial charge is 0.395 e. The van der Waals surface area contributed by atoms with Crippen molar-refractivity contribution in [3.63, 3.8) is 0 Å². The van der Waals surface area contributed by atoms with Crippen molar-refractivity contribution in [3.05, 3.63) is 24.3 Å². The summed E-state index contributed by atoms with van der Waals surface area (Å²) in [6, 6.07) is 6.66. The first-order chi connectivity index (χ1) is 8.95. The van der Waals surface area contributed by atoms with E-state index >= 15 is 0 Å². The number of hydrogen-bond acceptors (Lipinski definition) is 4. The quantitative estimate of drug-likeness (QED) is 0.883. The Morgan fingerprint density at radius 3 is 2.47 bits per heavy atom. The molecule has 1 unspecified atom stereocenters. The van der Waals surface area contributed by atoms with Gasteiger partial charge >= 0.3 is 0 Å². The van der Waals surface area contributed by atoms with E-state index in [0.29, 0.717) is 10.6 Å². The number of hydrogen-bond donors (Lipinski definition) is 1. The number of fused-ring (bicyclic) bond motifs is 1. The summed E-state index contributed by atoms with van der Waals surface area (Å²) in [4.78, 5) is 0.461. The lowest BCUT2D eigenvalue weighted by Crippen LogP contribution is -2.44. The van der Waals surface area contributed by atoms with Gasteiger partial charge in [0, 0.05) is 0 Å². The van der Waals surface area contributed by atoms with E-state index in [1.165, 1.54) is 4.31 Å². The number of aliphatic hydroxyl groups excluding tert-OH is 1. The molecule has 0 amide bonds. The molecule has 7 heteroatoms. The molecule has 0 spiro atoms. The fraction of sp³-hybridized carbons (Fsp3) is 0.500. The fourth-order valence-corrected chi connectivity index (χ4v) is 4.30. The van der Waals surface area contributed by atoms with Gasteiger partial charge in [0.15, 0.2) is 0 Å². The maximum absolute atomic E-state index is 12.0. The number of para-hydroxylation sites is 1. The number of benzene rings is 1. The van der Waals surface area contributed by atoms with E-state index in [1.54, 1.807) is 24.3 Å². The standard InChI is InChI=1S/C10H13NO4S2.C2H6/c1-17(14,15)11-6-8(7-12)16(13)10-5-3-2-4-9(10)11;1-2/h2-5,8,12H,6-7H2,1H3;1-2H3/t8-,16?;/m1./s1. The van der Waals surface area contributed by atoms with Gasteiger partial charge in [0.1, 0.15) is 0 Å². The maximum atomic E-state index is 12.0. The van der Waals surface area contributed by atoms with Crippen molar-refractivity contribution in [2.75, 3.05) is 23.7 Å². The number of sulfonamides is 1. The first-order valence-electron chi connectivity index (χ1n) is 6.03. The summed E-state index contributed by atoms with van der Waals surface area (Å²) >= 11 is 0. The molecule has 1 aromatic rings. The Kier molecular flexibility index (Phi) is 5.51. The van der Waals surface area contributed by atoms with Gasteiger partial charge in [-0.15, -0.1) is 0 Å². The number of rotatable bonds is 2. The second kappa shape index (κ2) is 6.49. The second-order valence-electron chi connectivity index (χ2n) is 3.86. The minimum atomic E-state index is -3.42. The highest BCUT2D eigenvalue weighted by Crippen LogP contribution is 2.32. The number of nitrogens with zero attached hydrogens (tertiary/aromatic N) is 1. The third kappa shape index (κ3) is 3.34. The molecule has 1 aliphatic heterocycles. The third-order valence-corrected chi connectivity index (χ3v) is 5.46. The predicted molar refractivity (Wildman–Crippen MR) is 77.3 cm³/mol. The monoisotopic (exact) mass is 305 g/mol. The molecule has 2 atom stereocenters. The van der Waals surface area contributed by atoms with Crippen molar-refractivity contribution in [1.82, 2.24) is 0 Å². The summed E-state index contributed by atoms with van der Waals surface area (Å²) < 4.78 is 36.6. The van der Waals surface area contributed by atoms with Crippen LogP contribution in [0, 0.1) is 0 Å². The van der Waals surface area contributed by atoms with Gasteiger partial charge in [-0.3, -0.25) is 8.51 Å². The topological polar surface area (TPSA) is 74.7 Å². The van der Waals surface area contributed by atoms with Crippen molar-refractivity contribution < 1.29 is 17.7 Å². The lowest BCUT2D eigenvalue weighted by Gasteiger charge is -2.32. The van der Waals surface area contributed by atoms with Crippen LogP contribution >= 0.6 is 0 Å². The number of aliphatic hydroxyl groups is 1. The van der Waals surface area contributed by atoms with E-state index in [2.05, 4.69) is 0 Å². The van der Waals surface area contributed by atoms with Crippen LogP contribution in [-0.4, -0.2) is 42.4 Å². The average molecular weight is 305 g/mol. The Hall–Kier alpha value is -0.920. The minimum absolute atomic E-state index is 0.0545. The minimum Gasteiger partial charge on any atom is -0.395 e. The summed E-state index contributed by atoms with van der Waals surface area (Å²) in [6.45, 7) is 3.76. The highest BCUT2D eigenvalue weighted by Gasteiger charge is 2.34. The van der Waals surface area contributed by atoms with Crippen LogP contribution in [0.4, 0.5) is 5.69 Å². The van der Waals surface area contributed by atoms with E-state index in [0.717, 1.165) is 6.26 Å². The van der Waals surface area contributed by atoms with E-state index < -0.39 is 26.1 Å². The molecule has 1 aromatic carbocycles. The van der Waals surface area contributed by atoms with Gasteiger partial charge < -0.3 is 5.11 Å². The third-order valence-electron chi connectivity index (χ3n) is 2.63. The van der Waals surface area contributed by atoms with E-state index in [4.69, 9.17) is 5.11 Å².